The summed E-state index contributed by atoms with van der Waals surface area (Å²) in [4.78, 5) is 15.9. The van der Waals surface area contributed by atoms with E-state index < -0.39 is 29.5 Å². The number of benzene rings is 2. The third-order valence-electron chi connectivity index (χ3n) is 4.93. The van der Waals surface area contributed by atoms with Gasteiger partial charge in [0.25, 0.3) is 5.89 Å². The predicted octanol–water partition coefficient (Wildman–Crippen LogP) is 5.48. The van der Waals surface area contributed by atoms with Crippen LogP contribution in [0.25, 0.3) is 34.3 Å². The fourth-order valence-corrected chi connectivity index (χ4v) is 3.31. The Morgan fingerprint density at radius 1 is 1.00 bits per heavy atom. The Balaban J connectivity index is 1.66. The van der Waals surface area contributed by atoms with Gasteiger partial charge in [-0.1, -0.05) is 71.8 Å². The molecule has 0 saturated heterocycles. The number of Topliss-reactive ketones (excluding diaryl/α,β-unsaturated/α-hetero) is 1. The van der Waals surface area contributed by atoms with E-state index in [0.29, 0.717) is 17.5 Å². The van der Waals surface area contributed by atoms with Crippen molar-refractivity contribution in [2.75, 3.05) is 0 Å². The molecule has 0 radical (unpaired) electrons. The molecule has 0 amide bonds. The number of nitrogens with zero attached hydrogens (tertiary/aromatic N) is 3. The molecular weight excluding hydrogens is 439 g/mol. The Bertz CT molecular complexity index is 1250. The summed E-state index contributed by atoms with van der Waals surface area (Å²) in [5.41, 5.74) is -0.459. The van der Waals surface area contributed by atoms with E-state index in [0.717, 1.165) is 0 Å². The molecule has 7 nitrogen and oxygen atoms in total. The summed E-state index contributed by atoms with van der Waals surface area (Å²) in [7, 11) is 0. The van der Waals surface area contributed by atoms with Crippen LogP contribution in [0.15, 0.2) is 63.6 Å². The fraction of sp³-hybridized carbons (Fsp3) is 0.217. The van der Waals surface area contributed by atoms with Crippen LogP contribution in [0.3, 0.4) is 0 Å². The average molecular weight is 457 g/mol. The molecule has 1 N–H and O–H groups in total. The maximum Gasteiger partial charge on any atom is 0.422 e. The minimum atomic E-state index is -4.78. The van der Waals surface area contributed by atoms with Gasteiger partial charge in [-0.15, -0.1) is 0 Å². The Morgan fingerprint density at radius 3 is 2.33 bits per heavy atom. The Morgan fingerprint density at radius 2 is 1.70 bits per heavy atom. The second kappa shape index (κ2) is 8.99. The zero-order valence-corrected chi connectivity index (χ0v) is 17.3. The number of aliphatic hydroxyl groups is 1. The van der Waals surface area contributed by atoms with E-state index in [4.69, 9.17) is 9.05 Å². The van der Waals surface area contributed by atoms with Gasteiger partial charge in [0.05, 0.1) is 0 Å². The normalized spacial score (nSPS) is 12.6. The van der Waals surface area contributed by atoms with Crippen molar-refractivity contribution in [2.45, 2.75) is 32.0 Å². The van der Waals surface area contributed by atoms with Crippen LogP contribution in [0.2, 0.25) is 0 Å². The standard InChI is InChI=1S/C23H18F3N3O4/c1-2-6-16(30)19(31)14-9-11-15(12-10-14)21-27-22(33-29-21)20-17(23(24,25)26)18(28-32-20)13-7-4-3-5-8-13/h3-5,7-12,19,31H,2,6H2,1H3. The first kappa shape index (κ1) is 22.4. The van der Waals surface area contributed by atoms with Crippen LogP contribution < -0.4 is 0 Å². The Hall–Kier alpha value is -3.79. The third-order valence-corrected chi connectivity index (χ3v) is 4.93. The van der Waals surface area contributed by atoms with Crippen LogP contribution in [0.1, 0.15) is 37.0 Å². The number of rotatable bonds is 7. The molecule has 4 rings (SSSR count). The molecule has 0 aliphatic rings. The Labute approximate surface area is 185 Å². The van der Waals surface area contributed by atoms with Crippen molar-refractivity contribution in [3.63, 3.8) is 0 Å². The first-order valence-electron chi connectivity index (χ1n) is 10.1. The highest BCUT2D eigenvalue weighted by Crippen LogP contribution is 2.43. The number of aromatic nitrogens is 3. The van der Waals surface area contributed by atoms with Gasteiger partial charge in [-0.05, 0) is 12.0 Å². The highest BCUT2D eigenvalue weighted by molar-refractivity contribution is 5.84. The monoisotopic (exact) mass is 457 g/mol. The molecule has 1 unspecified atom stereocenters. The smallest absolute Gasteiger partial charge is 0.381 e. The molecule has 170 valence electrons. The molecule has 1 atom stereocenters. The minimum absolute atomic E-state index is 0.0108. The van der Waals surface area contributed by atoms with Crippen molar-refractivity contribution in [1.29, 1.82) is 0 Å². The van der Waals surface area contributed by atoms with E-state index in [1.807, 2.05) is 6.92 Å². The summed E-state index contributed by atoms with van der Waals surface area (Å²) in [6, 6.07) is 13.9. The van der Waals surface area contributed by atoms with Gasteiger partial charge < -0.3 is 14.2 Å². The summed E-state index contributed by atoms with van der Waals surface area (Å²) in [6.07, 6.45) is -5.16. The minimum Gasteiger partial charge on any atom is -0.381 e. The zero-order valence-electron chi connectivity index (χ0n) is 17.3. The quantitative estimate of drug-likeness (QED) is 0.392. The summed E-state index contributed by atoms with van der Waals surface area (Å²) in [5, 5.41) is 17.4. The highest BCUT2D eigenvalue weighted by Gasteiger charge is 2.42. The van der Waals surface area contributed by atoms with Crippen molar-refractivity contribution >= 4 is 5.78 Å². The number of hydrogen-bond donors (Lipinski definition) is 1. The maximum atomic E-state index is 13.8. The SMILES string of the molecule is CCCC(=O)C(O)c1ccc(-c2noc(-c3onc(-c4ccccc4)c3C(F)(F)F)n2)cc1. The topological polar surface area (TPSA) is 102 Å². The molecular formula is C23H18F3N3O4. The van der Waals surface area contributed by atoms with Gasteiger partial charge in [0.15, 0.2) is 5.78 Å². The second-order valence-electron chi connectivity index (χ2n) is 7.26. The maximum absolute atomic E-state index is 13.8. The lowest BCUT2D eigenvalue weighted by molar-refractivity contribution is -0.137. The molecule has 0 aliphatic heterocycles. The molecule has 33 heavy (non-hydrogen) atoms. The van der Waals surface area contributed by atoms with E-state index in [1.165, 1.54) is 36.4 Å². The van der Waals surface area contributed by atoms with Crippen molar-refractivity contribution in [1.82, 2.24) is 15.3 Å². The summed E-state index contributed by atoms with van der Waals surface area (Å²) in [5.74, 6) is -1.45. The third kappa shape index (κ3) is 4.56. The molecule has 0 spiro atoms. The van der Waals surface area contributed by atoms with Crippen LogP contribution in [-0.2, 0) is 11.0 Å². The van der Waals surface area contributed by atoms with Crippen LogP contribution in [-0.4, -0.2) is 26.2 Å². The summed E-state index contributed by atoms with van der Waals surface area (Å²) >= 11 is 0. The molecule has 2 heterocycles. The van der Waals surface area contributed by atoms with Crippen molar-refractivity contribution in [3.05, 3.63) is 65.7 Å². The molecule has 2 aromatic carbocycles. The van der Waals surface area contributed by atoms with Crippen molar-refractivity contribution in [2.24, 2.45) is 0 Å². The van der Waals surface area contributed by atoms with Gasteiger partial charge in [0.2, 0.25) is 11.6 Å². The van der Waals surface area contributed by atoms with Crippen molar-refractivity contribution < 1.29 is 32.1 Å². The van der Waals surface area contributed by atoms with E-state index in [1.54, 1.807) is 18.2 Å². The Kier molecular flexibility index (Phi) is 6.10. The van der Waals surface area contributed by atoms with Gasteiger partial charge >= 0.3 is 6.18 Å². The number of carbonyl (C=O) groups is 1. The van der Waals surface area contributed by atoms with Gasteiger partial charge in [-0.25, -0.2) is 0 Å². The van der Waals surface area contributed by atoms with Gasteiger partial charge in [-0.3, -0.25) is 4.79 Å². The molecule has 0 aliphatic carbocycles. The second-order valence-corrected chi connectivity index (χ2v) is 7.26. The lowest BCUT2D eigenvalue weighted by atomic mass is 10.0. The number of hydrogen-bond acceptors (Lipinski definition) is 7. The van der Waals surface area contributed by atoms with Crippen LogP contribution in [0.4, 0.5) is 13.2 Å². The number of ketones is 1. The van der Waals surface area contributed by atoms with Crippen molar-refractivity contribution in [3.8, 4) is 34.3 Å². The van der Waals surface area contributed by atoms with E-state index >= 15 is 0 Å². The van der Waals surface area contributed by atoms with E-state index in [2.05, 4.69) is 15.3 Å². The predicted molar refractivity (Wildman–Crippen MR) is 111 cm³/mol. The lowest BCUT2D eigenvalue weighted by Gasteiger charge is -2.09. The zero-order chi connectivity index (χ0) is 23.6. The number of carbonyl (C=O) groups excluding carboxylic acids is 1. The summed E-state index contributed by atoms with van der Waals surface area (Å²) in [6.45, 7) is 1.84. The van der Waals surface area contributed by atoms with Crippen LogP contribution in [0, 0.1) is 0 Å². The molecule has 2 aromatic heterocycles. The van der Waals surface area contributed by atoms with Gasteiger partial charge in [0, 0.05) is 17.5 Å². The van der Waals surface area contributed by atoms with E-state index in [9.17, 15) is 23.1 Å². The number of aliphatic hydroxyl groups excluding tert-OH is 1. The lowest BCUT2D eigenvalue weighted by Crippen LogP contribution is -2.11. The number of alkyl halides is 3. The molecule has 0 bridgehead atoms. The molecule has 0 saturated carbocycles. The molecule has 10 heteroatoms. The average Bonchev–Trinajstić information content (AvgIpc) is 3.47. The highest BCUT2D eigenvalue weighted by atomic mass is 19.4. The van der Waals surface area contributed by atoms with E-state index in [-0.39, 0.29) is 29.3 Å². The summed E-state index contributed by atoms with van der Waals surface area (Å²) < 4.78 is 51.5. The van der Waals surface area contributed by atoms with Gasteiger partial charge in [-0.2, -0.15) is 18.2 Å². The first-order valence-corrected chi connectivity index (χ1v) is 10.1. The van der Waals surface area contributed by atoms with Crippen LogP contribution in [0.5, 0.6) is 0 Å². The number of halogens is 3. The fourth-order valence-electron chi connectivity index (χ4n) is 3.31. The van der Waals surface area contributed by atoms with Crippen LogP contribution >= 0.6 is 0 Å². The first-order chi connectivity index (χ1) is 15.8. The van der Waals surface area contributed by atoms with Gasteiger partial charge in [0.1, 0.15) is 17.4 Å². The molecule has 4 aromatic rings. The molecule has 0 fully saturated rings. The largest absolute Gasteiger partial charge is 0.422 e.